The topological polar surface area (TPSA) is 78.9 Å². The van der Waals surface area contributed by atoms with Crippen molar-refractivity contribution in [1.29, 1.82) is 0 Å². The van der Waals surface area contributed by atoms with Gasteiger partial charge in [0.1, 0.15) is 6.04 Å². The highest BCUT2D eigenvalue weighted by Gasteiger charge is 2.40. The minimum atomic E-state index is -0.953. The van der Waals surface area contributed by atoms with Gasteiger partial charge in [0.15, 0.2) is 0 Å². The van der Waals surface area contributed by atoms with Crippen molar-refractivity contribution in [2.24, 2.45) is 0 Å². The number of urea groups is 1. The average Bonchev–Trinajstić information content (AvgIpc) is 2.86. The zero-order chi connectivity index (χ0) is 15.0. The van der Waals surface area contributed by atoms with Gasteiger partial charge >= 0.3 is 12.0 Å². The van der Waals surface area contributed by atoms with Crippen LogP contribution in [0.1, 0.15) is 19.8 Å². The number of aliphatic carboxylic acids is 1. The summed E-state index contributed by atoms with van der Waals surface area (Å²) in [5.41, 5.74) is 0. The number of carbonyl (C=O) groups excluding carboxylic acids is 1. The van der Waals surface area contributed by atoms with E-state index in [1.165, 1.54) is 16.7 Å². The SMILES string of the molecule is C=CCCOCCNC(=O)N1C(CC)SCC1C(=O)O. The van der Waals surface area contributed by atoms with Gasteiger partial charge in [-0.2, -0.15) is 0 Å². The quantitative estimate of drug-likeness (QED) is 0.525. The fraction of sp³-hybridized carbons (Fsp3) is 0.692. The van der Waals surface area contributed by atoms with E-state index in [4.69, 9.17) is 9.84 Å². The molecule has 1 saturated heterocycles. The van der Waals surface area contributed by atoms with Crippen LogP contribution >= 0.6 is 11.8 Å². The summed E-state index contributed by atoms with van der Waals surface area (Å²) in [5.74, 6) is -0.511. The van der Waals surface area contributed by atoms with Crippen molar-refractivity contribution in [1.82, 2.24) is 10.2 Å². The van der Waals surface area contributed by atoms with Gasteiger partial charge in [0.2, 0.25) is 0 Å². The molecule has 0 aromatic rings. The van der Waals surface area contributed by atoms with Crippen molar-refractivity contribution in [3.05, 3.63) is 12.7 Å². The van der Waals surface area contributed by atoms with Crippen LogP contribution in [0.2, 0.25) is 0 Å². The summed E-state index contributed by atoms with van der Waals surface area (Å²) in [6.45, 7) is 6.90. The molecule has 0 aromatic heterocycles. The molecule has 1 heterocycles. The lowest BCUT2D eigenvalue weighted by Crippen LogP contribution is -2.50. The smallest absolute Gasteiger partial charge is 0.327 e. The minimum absolute atomic E-state index is 0.0715. The lowest BCUT2D eigenvalue weighted by Gasteiger charge is -2.26. The zero-order valence-corrected chi connectivity index (χ0v) is 12.5. The summed E-state index contributed by atoms with van der Waals surface area (Å²) in [5, 5.41) is 11.8. The molecule has 2 unspecified atom stereocenters. The van der Waals surface area contributed by atoms with Crippen LogP contribution in [0.4, 0.5) is 4.79 Å². The highest BCUT2D eigenvalue weighted by atomic mass is 32.2. The molecule has 2 N–H and O–H groups in total. The van der Waals surface area contributed by atoms with Crippen LogP contribution in [0.5, 0.6) is 0 Å². The Balaban J connectivity index is 2.39. The lowest BCUT2D eigenvalue weighted by atomic mass is 10.3. The van der Waals surface area contributed by atoms with Crippen LogP contribution in [-0.2, 0) is 9.53 Å². The van der Waals surface area contributed by atoms with Gasteiger partial charge in [-0.1, -0.05) is 13.0 Å². The molecular formula is C13H22N2O4S. The van der Waals surface area contributed by atoms with Gasteiger partial charge in [0.25, 0.3) is 0 Å². The summed E-state index contributed by atoms with van der Waals surface area (Å²) in [6.07, 6.45) is 3.27. The summed E-state index contributed by atoms with van der Waals surface area (Å²) in [7, 11) is 0. The Morgan fingerprint density at radius 3 is 2.90 bits per heavy atom. The zero-order valence-electron chi connectivity index (χ0n) is 11.7. The van der Waals surface area contributed by atoms with Crippen LogP contribution in [-0.4, -0.2) is 58.9 Å². The number of rotatable bonds is 8. The molecule has 0 aliphatic carbocycles. The molecule has 7 heteroatoms. The lowest BCUT2D eigenvalue weighted by molar-refractivity contribution is -0.141. The van der Waals surface area contributed by atoms with Gasteiger partial charge < -0.3 is 15.2 Å². The summed E-state index contributed by atoms with van der Waals surface area (Å²) < 4.78 is 5.29. The molecule has 20 heavy (non-hydrogen) atoms. The Kier molecular flexibility index (Phi) is 7.46. The molecule has 1 rings (SSSR count). The second kappa shape index (κ2) is 8.86. The fourth-order valence-electron chi connectivity index (χ4n) is 1.93. The second-order valence-corrected chi connectivity index (χ2v) is 5.59. The van der Waals surface area contributed by atoms with Crippen molar-refractivity contribution in [3.8, 4) is 0 Å². The van der Waals surface area contributed by atoms with E-state index in [2.05, 4.69) is 11.9 Å². The van der Waals surface area contributed by atoms with E-state index in [0.717, 1.165) is 12.8 Å². The molecule has 0 spiro atoms. The van der Waals surface area contributed by atoms with E-state index in [1.807, 2.05) is 6.92 Å². The van der Waals surface area contributed by atoms with Crippen molar-refractivity contribution in [3.63, 3.8) is 0 Å². The Bertz CT molecular complexity index is 351. The Hall–Kier alpha value is -1.21. The first-order valence-corrected chi connectivity index (χ1v) is 7.75. The first-order chi connectivity index (χ1) is 9.61. The van der Waals surface area contributed by atoms with Crippen molar-refractivity contribution >= 4 is 23.8 Å². The normalized spacial score (nSPS) is 21.8. The molecule has 1 aliphatic heterocycles. The van der Waals surface area contributed by atoms with E-state index < -0.39 is 12.0 Å². The third-order valence-electron chi connectivity index (χ3n) is 2.95. The van der Waals surface area contributed by atoms with E-state index >= 15 is 0 Å². The third kappa shape index (κ3) is 4.72. The van der Waals surface area contributed by atoms with Gasteiger partial charge in [0, 0.05) is 12.3 Å². The Morgan fingerprint density at radius 1 is 1.55 bits per heavy atom. The van der Waals surface area contributed by atoms with Crippen molar-refractivity contribution in [2.45, 2.75) is 31.2 Å². The maximum Gasteiger partial charge on any atom is 0.327 e. The molecule has 6 nitrogen and oxygen atoms in total. The number of nitrogens with zero attached hydrogens (tertiary/aromatic N) is 1. The summed E-state index contributed by atoms with van der Waals surface area (Å²) in [6, 6.07) is -1.08. The number of carboxylic acid groups (broad SMARTS) is 1. The highest BCUT2D eigenvalue weighted by Crippen LogP contribution is 2.31. The third-order valence-corrected chi connectivity index (χ3v) is 4.40. The van der Waals surface area contributed by atoms with Crippen molar-refractivity contribution in [2.75, 3.05) is 25.5 Å². The molecule has 0 bridgehead atoms. The average molecular weight is 302 g/mol. The standard InChI is InChI=1S/C13H22N2O4S/c1-3-5-7-19-8-6-14-13(18)15-10(12(16)17)9-20-11(15)4-2/h3,10-11H,1,4-9H2,2H3,(H,14,18)(H,16,17). The van der Waals surface area contributed by atoms with Crippen LogP contribution in [0.25, 0.3) is 0 Å². The first-order valence-electron chi connectivity index (χ1n) is 6.71. The predicted molar refractivity (Wildman–Crippen MR) is 78.8 cm³/mol. The van der Waals surface area contributed by atoms with Gasteiger partial charge in [-0.15, -0.1) is 18.3 Å². The first kappa shape index (κ1) is 16.8. The van der Waals surface area contributed by atoms with E-state index in [0.29, 0.717) is 25.5 Å². The number of thioether (sulfide) groups is 1. The number of nitrogens with one attached hydrogen (secondary N) is 1. The van der Waals surface area contributed by atoms with Gasteiger partial charge in [-0.3, -0.25) is 4.90 Å². The van der Waals surface area contributed by atoms with Crippen LogP contribution in [0.15, 0.2) is 12.7 Å². The molecule has 2 amide bonds. The van der Waals surface area contributed by atoms with E-state index in [1.54, 1.807) is 6.08 Å². The fourth-order valence-corrected chi connectivity index (χ4v) is 3.28. The van der Waals surface area contributed by atoms with E-state index in [-0.39, 0.29) is 11.4 Å². The van der Waals surface area contributed by atoms with Crippen LogP contribution in [0.3, 0.4) is 0 Å². The number of carbonyl (C=O) groups is 2. The minimum Gasteiger partial charge on any atom is -0.480 e. The molecule has 0 radical (unpaired) electrons. The molecule has 114 valence electrons. The second-order valence-electron chi connectivity index (χ2n) is 4.38. The summed E-state index contributed by atoms with van der Waals surface area (Å²) >= 11 is 1.51. The van der Waals surface area contributed by atoms with Crippen LogP contribution in [0, 0.1) is 0 Å². The Morgan fingerprint density at radius 2 is 2.30 bits per heavy atom. The molecule has 0 aromatic carbocycles. The monoisotopic (exact) mass is 302 g/mol. The molecule has 1 fully saturated rings. The highest BCUT2D eigenvalue weighted by molar-refractivity contribution is 8.00. The van der Waals surface area contributed by atoms with Crippen molar-refractivity contribution < 1.29 is 19.4 Å². The predicted octanol–water partition coefficient (Wildman–Crippen LogP) is 1.53. The molecule has 2 atom stereocenters. The molecule has 0 saturated carbocycles. The number of carboxylic acids is 1. The van der Waals surface area contributed by atoms with Gasteiger partial charge in [-0.05, 0) is 12.8 Å². The maximum absolute atomic E-state index is 12.1. The largest absolute Gasteiger partial charge is 0.480 e. The number of ether oxygens (including phenoxy) is 1. The number of hydrogen-bond donors (Lipinski definition) is 2. The maximum atomic E-state index is 12.1. The molecule has 1 aliphatic rings. The van der Waals surface area contributed by atoms with Crippen LogP contribution < -0.4 is 5.32 Å². The molecular weight excluding hydrogens is 280 g/mol. The van der Waals surface area contributed by atoms with E-state index in [9.17, 15) is 9.59 Å². The number of amides is 2. The summed E-state index contributed by atoms with van der Waals surface area (Å²) in [4.78, 5) is 24.7. The van der Waals surface area contributed by atoms with Gasteiger partial charge in [-0.25, -0.2) is 9.59 Å². The Labute approximate surface area is 123 Å². The number of hydrogen-bond acceptors (Lipinski definition) is 4. The van der Waals surface area contributed by atoms with Gasteiger partial charge in [0.05, 0.1) is 18.6 Å².